The van der Waals surface area contributed by atoms with E-state index in [1.165, 1.54) is 0 Å². The largest absolute Gasteiger partial charge is 0.332 e. The molecule has 0 aliphatic carbocycles. The molecule has 124 valence electrons. The predicted molar refractivity (Wildman–Crippen MR) is 107 cm³/mol. The van der Waals surface area contributed by atoms with Crippen LogP contribution in [0.5, 0.6) is 0 Å². The Morgan fingerprint density at radius 2 is 1.52 bits per heavy atom. The Kier molecular flexibility index (Phi) is 5.21. The van der Waals surface area contributed by atoms with Crippen molar-refractivity contribution in [3.63, 3.8) is 0 Å². The van der Waals surface area contributed by atoms with Crippen LogP contribution < -0.4 is 10.6 Å². The summed E-state index contributed by atoms with van der Waals surface area (Å²) >= 11 is 5.21. The molecule has 3 aromatic carbocycles. The third-order valence-corrected chi connectivity index (χ3v) is 3.96. The number of aryl methyl sites for hydroxylation is 1. The SMILES string of the molecule is Cc1cccc(NC(=S)NC(=O)c2ccc(-c3ccccc3)cc2)c1. The van der Waals surface area contributed by atoms with Gasteiger partial charge in [-0.3, -0.25) is 10.1 Å². The Labute approximate surface area is 152 Å². The topological polar surface area (TPSA) is 41.1 Å². The van der Waals surface area contributed by atoms with Crippen molar-refractivity contribution in [2.24, 2.45) is 0 Å². The van der Waals surface area contributed by atoms with Crippen molar-refractivity contribution in [2.75, 3.05) is 5.32 Å². The number of nitrogens with one attached hydrogen (secondary N) is 2. The molecule has 0 aliphatic heterocycles. The Bertz CT molecular complexity index is 889. The summed E-state index contributed by atoms with van der Waals surface area (Å²) in [5, 5.41) is 6.01. The Morgan fingerprint density at radius 3 is 2.20 bits per heavy atom. The maximum absolute atomic E-state index is 12.3. The van der Waals surface area contributed by atoms with Gasteiger partial charge in [-0.25, -0.2) is 0 Å². The second-order valence-corrected chi connectivity index (χ2v) is 6.13. The van der Waals surface area contributed by atoms with Gasteiger partial charge in [-0.2, -0.15) is 0 Å². The zero-order valence-corrected chi connectivity index (χ0v) is 14.6. The fourth-order valence-corrected chi connectivity index (χ4v) is 2.72. The monoisotopic (exact) mass is 346 g/mol. The zero-order valence-electron chi connectivity index (χ0n) is 13.8. The van der Waals surface area contributed by atoms with Crippen LogP contribution in [0.3, 0.4) is 0 Å². The molecule has 0 saturated carbocycles. The Hall–Kier alpha value is -2.98. The number of thiocarbonyl (C=S) groups is 1. The first-order valence-corrected chi connectivity index (χ1v) is 8.37. The zero-order chi connectivity index (χ0) is 17.6. The van der Waals surface area contributed by atoms with E-state index in [-0.39, 0.29) is 11.0 Å². The van der Waals surface area contributed by atoms with Crippen LogP contribution in [0.15, 0.2) is 78.9 Å². The van der Waals surface area contributed by atoms with Gasteiger partial charge in [0.15, 0.2) is 5.11 Å². The highest BCUT2D eigenvalue weighted by Gasteiger charge is 2.08. The molecule has 0 radical (unpaired) electrons. The summed E-state index contributed by atoms with van der Waals surface area (Å²) in [7, 11) is 0. The first kappa shape index (κ1) is 16.9. The molecule has 3 rings (SSSR count). The number of hydrogen-bond acceptors (Lipinski definition) is 2. The van der Waals surface area contributed by atoms with Gasteiger partial charge in [0.1, 0.15) is 0 Å². The summed E-state index contributed by atoms with van der Waals surface area (Å²) in [6.45, 7) is 2.00. The van der Waals surface area contributed by atoms with Crippen LogP contribution in [0.25, 0.3) is 11.1 Å². The number of carbonyl (C=O) groups is 1. The Morgan fingerprint density at radius 1 is 0.840 bits per heavy atom. The van der Waals surface area contributed by atoms with E-state index in [1.54, 1.807) is 12.1 Å². The second-order valence-electron chi connectivity index (χ2n) is 5.72. The Balaban J connectivity index is 1.64. The molecular formula is C21H18N2OS. The van der Waals surface area contributed by atoms with E-state index in [0.29, 0.717) is 5.56 Å². The lowest BCUT2D eigenvalue weighted by Gasteiger charge is -2.10. The molecule has 2 N–H and O–H groups in total. The van der Waals surface area contributed by atoms with Crippen LogP contribution in [0, 0.1) is 6.92 Å². The van der Waals surface area contributed by atoms with Crippen LogP contribution in [0.1, 0.15) is 15.9 Å². The lowest BCUT2D eigenvalue weighted by Crippen LogP contribution is -2.34. The molecule has 0 spiro atoms. The predicted octanol–water partition coefficient (Wildman–Crippen LogP) is 4.79. The molecule has 0 saturated heterocycles. The molecule has 0 aromatic heterocycles. The quantitative estimate of drug-likeness (QED) is 0.670. The first-order valence-electron chi connectivity index (χ1n) is 7.96. The molecular weight excluding hydrogens is 328 g/mol. The summed E-state index contributed by atoms with van der Waals surface area (Å²) in [5.74, 6) is -0.232. The van der Waals surface area contributed by atoms with E-state index >= 15 is 0 Å². The fourth-order valence-electron chi connectivity index (χ4n) is 2.51. The van der Waals surface area contributed by atoms with Gasteiger partial charge in [0.25, 0.3) is 5.91 Å². The normalized spacial score (nSPS) is 10.1. The van der Waals surface area contributed by atoms with Gasteiger partial charge in [-0.05, 0) is 60.1 Å². The highest BCUT2D eigenvalue weighted by Crippen LogP contribution is 2.19. The van der Waals surface area contributed by atoms with E-state index < -0.39 is 0 Å². The van der Waals surface area contributed by atoms with Gasteiger partial charge in [0.05, 0.1) is 0 Å². The van der Waals surface area contributed by atoms with E-state index in [4.69, 9.17) is 12.2 Å². The highest BCUT2D eigenvalue weighted by molar-refractivity contribution is 7.80. The lowest BCUT2D eigenvalue weighted by molar-refractivity contribution is 0.0978. The van der Waals surface area contributed by atoms with Crippen molar-refractivity contribution in [3.05, 3.63) is 90.0 Å². The second kappa shape index (κ2) is 7.73. The van der Waals surface area contributed by atoms with E-state index in [1.807, 2.05) is 73.7 Å². The van der Waals surface area contributed by atoms with Gasteiger partial charge in [-0.1, -0.05) is 54.6 Å². The fraction of sp³-hybridized carbons (Fsp3) is 0.0476. The number of rotatable bonds is 3. The minimum Gasteiger partial charge on any atom is -0.332 e. The number of anilines is 1. The van der Waals surface area contributed by atoms with Crippen molar-refractivity contribution >= 4 is 28.9 Å². The average molecular weight is 346 g/mol. The average Bonchev–Trinajstić information content (AvgIpc) is 2.62. The molecule has 0 heterocycles. The molecule has 3 aromatic rings. The summed E-state index contributed by atoms with van der Waals surface area (Å²) in [5.41, 5.74) is 4.72. The molecule has 1 amide bonds. The molecule has 25 heavy (non-hydrogen) atoms. The first-order chi connectivity index (χ1) is 12.1. The summed E-state index contributed by atoms with van der Waals surface area (Å²) in [4.78, 5) is 12.3. The van der Waals surface area contributed by atoms with Crippen LogP contribution >= 0.6 is 12.2 Å². The van der Waals surface area contributed by atoms with Gasteiger partial charge in [0.2, 0.25) is 0 Å². The summed E-state index contributed by atoms with van der Waals surface area (Å²) in [6.07, 6.45) is 0. The third-order valence-electron chi connectivity index (χ3n) is 3.76. The molecule has 0 bridgehead atoms. The van der Waals surface area contributed by atoms with Crippen molar-refractivity contribution in [2.45, 2.75) is 6.92 Å². The van der Waals surface area contributed by atoms with Gasteiger partial charge < -0.3 is 5.32 Å². The summed E-state index contributed by atoms with van der Waals surface area (Å²) in [6, 6.07) is 25.3. The lowest BCUT2D eigenvalue weighted by atomic mass is 10.0. The molecule has 0 unspecified atom stereocenters. The molecule has 0 fully saturated rings. The standard InChI is InChI=1S/C21H18N2OS/c1-15-6-5-9-19(14-15)22-21(25)23-20(24)18-12-10-17(11-13-18)16-7-3-2-4-8-16/h2-14H,1H3,(H2,22,23,24,25). The van der Waals surface area contributed by atoms with Crippen molar-refractivity contribution in [1.82, 2.24) is 5.32 Å². The maximum Gasteiger partial charge on any atom is 0.257 e. The third kappa shape index (κ3) is 4.52. The smallest absolute Gasteiger partial charge is 0.257 e. The van der Waals surface area contributed by atoms with Crippen LogP contribution in [-0.4, -0.2) is 11.0 Å². The number of benzene rings is 3. The molecule has 0 atom stereocenters. The number of amides is 1. The molecule has 3 nitrogen and oxygen atoms in total. The van der Waals surface area contributed by atoms with Crippen molar-refractivity contribution in [3.8, 4) is 11.1 Å². The number of hydrogen-bond donors (Lipinski definition) is 2. The van der Waals surface area contributed by atoms with Crippen LogP contribution in [-0.2, 0) is 0 Å². The summed E-state index contributed by atoms with van der Waals surface area (Å²) < 4.78 is 0. The molecule has 0 aliphatic rings. The van der Waals surface area contributed by atoms with E-state index in [0.717, 1.165) is 22.4 Å². The molecule has 4 heteroatoms. The number of carbonyl (C=O) groups excluding carboxylic acids is 1. The van der Waals surface area contributed by atoms with Crippen LogP contribution in [0.2, 0.25) is 0 Å². The maximum atomic E-state index is 12.3. The van der Waals surface area contributed by atoms with E-state index in [9.17, 15) is 4.79 Å². The highest BCUT2D eigenvalue weighted by atomic mass is 32.1. The van der Waals surface area contributed by atoms with Gasteiger partial charge >= 0.3 is 0 Å². The van der Waals surface area contributed by atoms with Gasteiger partial charge in [0, 0.05) is 11.3 Å². The van der Waals surface area contributed by atoms with Crippen molar-refractivity contribution in [1.29, 1.82) is 0 Å². The minimum atomic E-state index is -0.232. The van der Waals surface area contributed by atoms with Crippen molar-refractivity contribution < 1.29 is 4.79 Å². The van der Waals surface area contributed by atoms with Crippen LogP contribution in [0.4, 0.5) is 5.69 Å². The van der Waals surface area contributed by atoms with E-state index in [2.05, 4.69) is 10.6 Å². The minimum absolute atomic E-state index is 0.232. The van der Waals surface area contributed by atoms with Gasteiger partial charge in [-0.15, -0.1) is 0 Å².